The van der Waals surface area contributed by atoms with Crippen LogP contribution in [0, 0.1) is 5.82 Å². The summed E-state index contributed by atoms with van der Waals surface area (Å²) in [5, 5.41) is 5.73. The Balaban J connectivity index is 1.38. The highest BCUT2D eigenvalue weighted by molar-refractivity contribution is 7.19. The first-order valence-electron chi connectivity index (χ1n) is 8.83. The topological polar surface area (TPSA) is 40.6 Å². The number of piperidine rings is 1. The molecule has 0 spiro atoms. The van der Waals surface area contributed by atoms with E-state index in [-0.39, 0.29) is 5.82 Å². The lowest BCUT2D eigenvalue weighted by atomic mass is 10.1. The molecule has 134 valence electrons. The molecule has 1 N–H and O–H groups in total. The summed E-state index contributed by atoms with van der Waals surface area (Å²) in [7, 11) is 0. The zero-order valence-corrected chi connectivity index (χ0v) is 15.0. The zero-order valence-electron chi connectivity index (χ0n) is 14.2. The van der Waals surface area contributed by atoms with E-state index in [1.165, 1.54) is 11.1 Å². The van der Waals surface area contributed by atoms with Gasteiger partial charge in [-0.25, -0.2) is 9.37 Å². The molecule has 0 aliphatic carbocycles. The van der Waals surface area contributed by atoms with Crippen LogP contribution in [0.2, 0.25) is 0 Å². The Hall–Kier alpha value is -1.86. The van der Waals surface area contributed by atoms with Crippen molar-refractivity contribution in [1.82, 2.24) is 4.98 Å². The van der Waals surface area contributed by atoms with E-state index < -0.39 is 0 Å². The van der Waals surface area contributed by atoms with Crippen molar-refractivity contribution in [3.63, 3.8) is 0 Å². The van der Waals surface area contributed by atoms with E-state index in [2.05, 4.69) is 20.1 Å². The predicted octanol–water partition coefficient (Wildman–Crippen LogP) is 3.20. The monoisotopic (exact) mass is 362 g/mol. The van der Waals surface area contributed by atoms with Crippen molar-refractivity contribution in [2.45, 2.75) is 18.9 Å². The molecule has 0 saturated carbocycles. The number of nitrogens with one attached hydrogen (secondary N) is 1. The molecule has 2 aromatic rings. The number of thiazole rings is 1. The zero-order chi connectivity index (χ0) is 17.1. The van der Waals surface area contributed by atoms with E-state index >= 15 is 0 Å². The van der Waals surface area contributed by atoms with Gasteiger partial charge in [-0.15, -0.1) is 0 Å². The second kappa shape index (κ2) is 7.58. The fourth-order valence-corrected chi connectivity index (χ4v) is 4.39. The van der Waals surface area contributed by atoms with E-state index in [1.807, 2.05) is 12.3 Å². The van der Waals surface area contributed by atoms with Crippen molar-refractivity contribution < 1.29 is 9.13 Å². The fourth-order valence-electron chi connectivity index (χ4n) is 3.44. The van der Waals surface area contributed by atoms with E-state index in [1.54, 1.807) is 23.5 Å². The number of rotatable bonds is 4. The quantitative estimate of drug-likeness (QED) is 0.905. The molecule has 0 bridgehead atoms. The van der Waals surface area contributed by atoms with E-state index in [0.717, 1.165) is 63.1 Å². The van der Waals surface area contributed by atoms with Crippen LogP contribution in [0.15, 0.2) is 30.5 Å². The first-order valence-corrected chi connectivity index (χ1v) is 9.65. The van der Waals surface area contributed by atoms with Crippen LogP contribution in [-0.4, -0.2) is 50.4 Å². The van der Waals surface area contributed by atoms with Gasteiger partial charge in [0.05, 0.1) is 19.4 Å². The van der Waals surface area contributed by atoms with Gasteiger partial charge >= 0.3 is 0 Å². The van der Waals surface area contributed by atoms with Crippen molar-refractivity contribution in [1.29, 1.82) is 0 Å². The van der Waals surface area contributed by atoms with Gasteiger partial charge in [-0.2, -0.15) is 0 Å². The van der Waals surface area contributed by atoms with Crippen LogP contribution >= 0.6 is 11.3 Å². The first-order chi connectivity index (χ1) is 12.3. The molecule has 1 aromatic heterocycles. The smallest absolute Gasteiger partial charge is 0.184 e. The van der Waals surface area contributed by atoms with Crippen molar-refractivity contribution in [3.8, 4) is 0 Å². The summed E-state index contributed by atoms with van der Waals surface area (Å²) in [5.41, 5.74) is 0.958. The average Bonchev–Trinajstić information content (AvgIpc) is 3.11. The molecule has 2 saturated heterocycles. The summed E-state index contributed by atoms with van der Waals surface area (Å²) in [6, 6.07) is 7.19. The number of benzene rings is 1. The molecule has 0 radical (unpaired) electrons. The van der Waals surface area contributed by atoms with Crippen molar-refractivity contribution >= 4 is 27.2 Å². The Kier molecular flexibility index (Phi) is 5.03. The SMILES string of the molecule is Fc1cccc(N2CCC[C@@H](Nc3ncc(N4CCOCC4)s3)C2)c1. The van der Waals surface area contributed by atoms with Crippen LogP contribution in [0.4, 0.5) is 20.2 Å². The van der Waals surface area contributed by atoms with Gasteiger partial charge in [-0.1, -0.05) is 17.4 Å². The lowest BCUT2D eigenvalue weighted by molar-refractivity contribution is 0.123. The number of aromatic nitrogens is 1. The van der Waals surface area contributed by atoms with E-state index in [9.17, 15) is 4.39 Å². The number of halogens is 1. The maximum atomic E-state index is 13.5. The number of hydrogen-bond acceptors (Lipinski definition) is 6. The largest absolute Gasteiger partial charge is 0.378 e. The molecule has 7 heteroatoms. The third kappa shape index (κ3) is 4.04. The highest BCUT2D eigenvalue weighted by Gasteiger charge is 2.22. The van der Waals surface area contributed by atoms with Gasteiger partial charge in [-0.3, -0.25) is 0 Å². The summed E-state index contributed by atoms with van der Waals surface area (Å²) >= 11 is 1.70. The van der Waals surface area contributed by atoms with Crippen molar-refractivity contribution in [3.05, 3.63) is 36.3 Å². The highest BCUT2D eigenvalue weighted by Crippen LogP contribution is 2.29. The Morgan fingerprint density at radius 3 is 2.92 bits per heavy atom. The molecular formula is C18H23FN4OS. The van der Waals surface area contributed by atoms with Crippen LogP contribution in [0.25, 0.3) is 0 Å². The maximum Gasteiger partial charge on any atom is 0.184 e. The van der Waals surface area contributed by atoms with E-state index in [0.29, 0.717) is 6.04 Å². The summed E-state index contributed by atoms with van der Waals surface area (Å²) in [6.45, 7) is 5.27. The predicted molar refractivity (Wildman–Crippen MR) is 100 cm³/mol. The van der Waals surface area contributed by atoms with Gasteiger partial charge in [0.2, 0.25) is 0 Å². The second-order valence-electron chi connectivity index (χ2n) is 6.51. The Bertz CT molecular complexity index is 704. The first kappa shape index (κ1) is 16.6. The Labute approximate surface area is 151 Å². The number of hydrogen-bond donors (Lipinski definition) is 1. The molecular weight excluding hydrogens is 339 g/mol. The second-order valence-corrected chi connectivity index (χ2v) is 7.52. The normalized spacial score (nSPS) is 21.4. The minimum absolute atomic E-state index is 0.178. The van der Waals surface area contributed by atoms with Gasteiger partial charge in [0, 0.05) is 37.9 Å². The molecule has 2 aliphatic heterocycles. The Morgan fingerprint density at radius 1 is 1.20 bits per heavy atom. The molecule has 0 amide bonds. The molecule has 0 unspecified atom stereocenters. The Morgan fingerprint density at radius 2 is 2.08 bits per heavy atom. The summed E-state index contributed by atoms with van der Waals surface area (Å²) < 4.78 is 18.9. The molecule has 3 heterocycles. The highest BCUT2D eigenvalue weighted by atomic mass is 32.1. The van der Waals surface area contributed by atoms with Crippen LogP contribution in [0.1, 0.15) is 12.8 Å². The molecule has 1 aromatic carbocycles. The maximum absolute atomic E-state index is 13.5. The summed E-state index contributed by atoms with van der Waals surface area (Å²) in [4.78, 5) is 9.12. The number of anilines is 3. The molecule has 25 heavy (non-hydrogen) atoms. The van der Waals surface area contributed by atoms with Gasteiger partial charge in [0.15, 0.2) is 5.13 Å². The van der Waals surface area contributed by atoms with Gasteiger partial charge in [0.1, 0.15) is 10.8 Å². The standard InChI is InChI=1S/C18H23FN4OS/c19-14-3-1-5-16(11-14)23-6-2-4-15(13-23)21-18-20-12-17(25-18)22-7-9-24-10-8-22/h1,3,5,11-12,15H,2,4,6-10,13H2,(H,20,21)/t15-/m1/s1. The number of ether oxygens (including phenoxy) is 1. The molecule has 5 nitrogen and oxygen atoms in total. The molecule has 1 atom stereocenters. The minimum Gasteiger partial charge on any atom is -0.378 e. The number of morpholine rings is 1. The lowest BCUT2D eigenvalue weighted by Gasteiger charge is -2.34. The third-order valence-corrected chi connectivity index (χ3v) is 5.73. The summed E-state index contributed by atoms with van der Waals surface area (Å²) in [5.74, 6) is -0.178. The minimum atomic E-state index is -0.178. The molecule has 4 rings (SSSR count). The van der Waals surface area contributed by atoms with Crippen molar-refractivity contribution in [2.75, 3.05) is 54.5 Å². The number of nitrogens with zero attached hydrogens (tertiary/aromatic N) is 3. The van der Waals surface area contributed by atoms with Crippen LogP contribution in [0.5, 0.6) is 0 Å². The van der Waals surface area contributed by atoms with Crippen LogP contribution in [-0.2, 0) is 4.74 Å². The van der Waals surface area contributed by atoms with Crippen LogP contribution < -0.4 is 15.1 Å². The van der Waals surface area contributed by atoms with Gasteiger partial charge < -0.3 is 19.9 Å². The fraction of sp³-hybridized carbons (Fsp3) is 0.500. The molecule has 2 aliphatic rings. The van der Waals surface area contributed by atoms with Crippen LogP contribution in [0.3, 0.4) is 0 Å². The lowest BCUT2D eigenvalue weighted by Crippen LogP contribution is -2.42. The average molecular weight is 362 g/mol. The molecule has 2 fully saturated rings. The van der Waals surface area contributed by atoms with Crippen molar-refractivity contribution in [2.24, 2.45) is 0 Å². The van der Waals surface area contributed by atoms with Gasteiger partial charge in [0.25, 0.3) is 0 Å². The van der Waals surface area contributed by atoms with Gasteiger partial charge in [-0.05, 0) is 31.0 Å². The summed E-state index contributed by atoms with van der Waals surface area (Å²) in [6.07, 6.45) is 4.15. The van der Waals surface area contributed by atoms with E-state index in [4.69, 9.17) is 4.74 Å². The third-order valence-electron chi connectivity index (χ3n) is 4.74.